The number of aryl methyl sites for hydroxylation is 1. The van der Waals surface area contributed by atoms with Gasteiger partial charge in [0, 0.05) is 30.0 Å². The van der Waals surface area contributed by atoms with Gasteiger partial charge in [-0.25, -0.2) is 13.4 Å². The number of amides is 1. The van der Waals surface area contributed by atoms with Gasteiger partial charge < -0.3 is 10.2 Å². The van der Waals surface area contributed by atoms with Gasteiger partial charge in [-0.15, -0.1) is 0 Å². The van der Waals surface area contributed by atoms with E-state index in [9.17, 15) is 13.2 Å². The van der Waals surface area contributed by atoms with Gasteiger partial charge in [0.15, 0.2) is 9.84 Å². The predicted molar refractivity (Wildman–Crippen MR) is 103 cm³/mol. The van der Waals surface area contributed by atoms with E-state index in [0.29, 0.717) is 24.3 Å². The molecular formula is C19H23N3O3S. The first-order chi connectivity index (χ1) is 12.4. The summed E-state index contributed by atoms with van der Waals surface area (Å²) in [5.41, 5.74) is 2.30. The SMILES string of the molecule is CCN(c1cc(C(=O)Nc2cccc(C)c2)ccn1)C1CCS(=O)(=O)C1. The first-order valence-electron chi connectivity index (χ1n) is 8.69. The Balaban J connectivity index is 1.79. The Morgan fingerprint density at radius 3 is 2.77 bits per heavy atom. The number of rotatable bonds is 5. The van der Waals surface area contributed by atoms with Gasteiger partial charge in [0.25, 0.3) is 5.91 Å². The van der Waals surface area contributed by atoms with Crippen molar-refractivity contribution in [3.05, 3.63) is 53.7 Å². The zero-order chi connectivity index (χ0) is 18.7. The van der Waals surface area contributed by atoms with Crippen LogP contribution in [0, 0.1) is 6.92 Å². The maximum atomic E-state index is 12.6. The number of nitrogens with zero attached hydrogens (tertiary/aromatic N) is 2. The first-order valence-corrected chi connectivity index (χ1v) is 10.5. The molecule has 1 unspecified atom stereocenters. The van der Waals surface area contributed by atoms with Crippen molar-refractivity contribution < 1.29 is 13.2 Å². The highest BCUT2D eigenvalue weighted by Crippen LogP contribution is 2.23. The molecule has 0 spiro atoms. The van der Waals surface area contributed by atoms with Gasteiger partial charge in [0.1, 0.15) is 5.82 Å². The third kappa shape index (κ3) is 4.22. The van der Waals surface area contributed by atoms with Crippen LogP contribution in [0.15, 0.2) is 42.6 Å². The fourth-order valence-electron chi connectivity index (χ4n) is 3.27. The molecule has 2 heterocycles. The van der Waals surface area contributed by atoms with Crippen LogP contribution in [0.3, 0.4) is 0 Å². The van der Waals surface area contributed by atoms with Gasteiger partial charge >= 0.3 is 0 Å². The fourth-order valence-corrected chi connectivity index (χ4v) is 5.00. The van der Waals surface area contributed by atoms with Crippen LogP contribution in [0.4, 0.5) is 11.5 Å². The lowest BCUT2D eigenvalue weighted by Gasteiger charge is -2.28. The van der Waals surface area contributed by atoms with E-state index in [-0.39, 0.29) is 23.5 Å². The maximum absolute atomic E-state index is 12.6. The summed E-state index contributed by atoms with van der Waals surface area (Å²) in [4.78, 5) is 18.9. The van der Waals surface area contributed by atoms with E-state index in [4.69, 9.17) is 0 Å². The lowest BCUT2D eigenvalue weighted by atomic mass is 10.2. The van der Waals surface area contributed by atoms with Crippen LogP contribution < -0.4 is 10.2 Å². The van der Waals surface area contributed by atoms with Crippen LogP contribution in [0.2, 0.25) is 0 Å². The average molecular weight is 373 g/mol. The van der Waals surface area contributed by atoms with Crippen LogP contribution >= 0.6 is 0 Å². The number of nitrogens with one attached hydrogen (secondary N) is 1. The molecule has 7 heteroatoms. The zero-order valence-corrected chi connectivity index (χ0v) is 15.8. The minimum atomic E-state index is -2.98. The number of benzene rings is 1. The number of carbonyl (C=O) groups excluding carboxylic acids is 1. The molecule has 1 saturated heterocycles. The average Bonchev–Trinajstić information content (AvgIpc) is 2.95. The summed E-state index contributed by atoms with van der Waals surface area (Å²) >= 11 is 0. The zero-order valence-electron chi connectivity index (χ0n) is 15.0. The normalized spacial score (nSPS) is 18.5. The van der Waals surface area contributed by atoms with Gasteiger partial charge in [-0.3, -0.25) is 4.79 Å². The summed E-state index contributed by atoms with van der Waals surface area (Å²) in [5.74, 6) is 0.769. The van der Waals surface area contributed by atoms with Crippen molar-refractivity contribution in [2.75, 3.05) is 28.3 Å². The minimum Gasteiger partial charge on any atom is -0.353 e. The maximum Gasteiger partial charge on any atom is 0.255 e. The van der Waals surface area contributed by atoms with Crippen LogP contribution in [0.1, 0.15) is 29.3 Å². The van der Waals surface area contributed by atoms with E-state index in [1.165, 1.54) is 0 Å². The largest absolute Gasteiger partial charge is 0.353 e. The third-order valence-electron chi connectivity index (χ3n) is 4.57. The highest BCUT2D eigenvalue weighted by molar-refractivity contribution is 7.91. The fraction of sp³-hybridized carbons (Fsp3) is 0.368. The Bertz CT molecular complexity index is 912. The molecule has 0 bridgehead atoms. The molecule has 3 rings (SSSR count). The van der Waals surface area contributed by atoms with Crippen molar-refractivity contribution in [1.29, 1.82) is 0 Å². The van der Waals surface area contributed by atoms with E-state index in [1.807, 2.05) is 43.0 Å². The second kappa shape index (κ2) is 7.45. The summed E-state index contributed by atoms with van der Waals surface area (Å²) in [5, 5.41) is 2.88. The molecule has 1 amide bonds. The van der Waals surface area contributed by atoms with E-state index in [1.54, 1.807) is 18.3 Å². The molecule has 0 radical (unpaired) electrons. The molecule has 2 aromatic rings. The van der Waals surface area contributed by atoms with Crippen molar-refractivity contribution in [3.8, 4) is 0 Å². The van der Waals surface area contributed by atoms with Crippen LogP contribution in [-0.2, 0) is 9.84 Å². The molecule has 1 aromatic heterocycles. The van der Waals surface area contributed by atoms with Gasteiger partial charge in [-0.05, 0) is 50.1 Å². The van der Waals surface area contributed by atoms with Crippen molar-refractivity contribution in [1.82, 2.24) is 4.98 Å². The molecule has 1 aliphatic heterocycles. The Morgan fingerprint density at radius 2 is 2.12 bits per heavy atom. The summed E-state index contributed by atoms with van der Waals surface area (Å²) in [6.45, 7) is 4.57. The number of hydrogen-bond acceptors (Lipinski definition) is 5. The van der Waals surface area contributed by atoms with Crippen LogP contribution in [-0.4, -0.2) is 43.4 Å². The molecule has 1 aliphatic rings. The number of pyridine rings is 1. The molecular weight excluding hydrogens is 350 g/mol. The van der Waals surface area contributed by atoms with Crippen molar-refractivity contribution >= 4 is 27.2 Å². The topological polar surface area (TPSA) is 79.4 Å². The predicted octanol–water partition coefficient (Wildman–Crippen LogP) is 2.66. The number of carbonyl (C=O) groups is 1. The molecule has 1 atom stereocenters. The van der Waals surface area contributed by atoms with Gasteiger partial charge in [-0.2, -0.15) is 0 Å². The second-order valence-corrected chi connectivity index (χ2v) is 8.80. The Kier molecular flexibility index (Phi) is 5.27. The Morgan fingerprint density at radius 1 is 1.31 bits per heavy atom. The van der Waals surface area contributed by atoms with Crippen LogP contribution in [0.5, 0.6) is 0 Å². The minimum absolute atomic E-state index is 0.0902. The number of sulfone groups is 1. The Labute approximate surface area is 154 Å². The summed E-state index contributed by atoms with van der Waals surface area (Å²) in [6, 6.07) is 10.9. The summed E-state index contributed by atoms with van der Waals surface area (Å²) in [7, 11) is -2.98. The van der Waals surface area contributed by atoms with E-state index in [0.717, 1.165) is 11.3 Å². The first kappa shape index (κ1) is 18.4. The van der Waals surface area contributed by atoms with Gasteiger partial charge in [0.05, 0.1) is 11.5 Å². The monoisotopic (exact) mass is 373 g/mol. The lowest BCUT2D eigenvalue weighted by Crippen LogP contribution is -2.36. The molecule has 0 saturated carbocycles. The molecule has 26 heavy (non-hydrogen) atoms. The van der Waals surface area contributed by atoms with Crippen molar-refractivity contribution in [3.63, 3.8) is 0 Å². The molecule has 0 aliphatic carbocycles. The lowest BCUT2D eigenvalue weighted by molar-refractivity contribution is 0.102. The number of anilines is 2. The highest BCUT2D eigenvalue weighted by Gasteiger charge is 2.32. The number of hydrogen-bond donors (Lipinski definition) is 1. The van der Waals surface area contributed by atoms with Crippen LogP contribution in [0.25, 0.3) is 0 Å². The van der Waals surface area contributed by atoms with E-state index in [2.05, 4.69) is 10.3 Å². The van der Waals surface area contributed by atoms with Crippen molar-refractivity contribution in [2.45, 2.75) is 26.3 Å². The molecule has 1 N–H and O–H groups in total. The van der Waals surface area contributed by atoms with E-state index < -0.39 is 9.84 Å². The smallest absolute Gasteiger partial charge is 0.255 e. The summed E-state index contributed by atoms with van der Waals surface area (Å²) < 4.78 is 23.6. The quantitative estimate of drug-likeness (QED) is 0.872. The molecule has 6 nitrogen and oxygen atoms in total. The number of aromatic nitrogens is 1. The van der Waals surface area contributed by atoms with E-state index >= 15 is 0 Å². The molecule has 1 aromatic carbocycles. The van der Waals surface area contributed by atoms with Crippen molar-refractivity contribution in [2.24, 2.45) is 0 Å². The standard InChI is InChI=1S/C19H23N3O3S/c1-3-22(17-8-10-26(24,25)13-17)18-12-15(7-9-20-18)19(23)21-16-6-4-5-14(2)11-16/h4-7,9,11-12,17H,3,8,10,13H2,1-2H3,(H,21,23). The Hall–Kier alpha value is -2.41. The highest BCUT2D eigenvalue weighted by atomic mass is 32.2. The van der Waals surface area contributed by atoms with Gasteiger partial charge in [-0.1, -0.05) is 12.1 Å². The third-order valence-corrected chi connectivity index (χ3v) is 6.32. The summed E-state index contributed by atoms with van der Waals surface area (Å²) in [6.07, 6.45) is 2.18. The molecule has 138 valence electrons. The van der Waals surface area contributed by atoms with Gasteiger partial charge in [0.2, 0.25) is 0 Å². The second-order valence-electron chi connectivity index (χ2n) is 6.57. The molecule has 1 fully saturated rings.